The minimum absolute atomic E-state index is 0.144. The zero-order valence-electron chi connectivity index (χ0n) is 30.2. The topological polar surface area (TPSA) is 61.4 Å². The van der Waals surface area contributed by atoms with Gasteiger partial charge in [-0.2, -0.15) is 0 Å². The molecule has 6 heteroatoms. The van der Waals surface area contributed by atoms with Crippen LogP contribution in [0.1, 0.15) is 25.0 Å². The molecule has 4 aromatic heterocycles. The van der Waals surface area contributed by atoms with Gasteiger partial charge in [0.15, 0.2) is 11.6 Å². The molecule has 0 spiro atoms. The van der Waals surface area contributed by atoms with E-state index in [0.717, 1.165) is 77.8 Å². The Morgan fingerprint density at radius 3 is 1.76 bits per heavy atom. The predicted octanol–water partition coefficient (Wildman–Crippen LogP) is 11.7. The third-order valence-corrected chi connectivity index (χ3v) is 11.8. The second-order valence-corrected chi connectivity index (χ2v) is 15.1. The SMILES string of the molecule is CC1(C)c2ccccc2-c2ccc(-c3nc4ccccc4nc3-n3c4ccccc4c4c5c6ccccc6n(-c6cnc7ccccc7n6)c5ccc43)cc21. The van der Waals surface area contributed by atoms with Crippen LogP contribution in [-0.2, 0) is 5.41 Å². The van der Waals surface area contributed by atoms with Gasteiger partial charge in [0.05, 0.1) is 50.3 Å². The molecule has 0 aliphatic heterocycles. The predicted molar refractivity (Wildman–Crippen MR) is 224 cm³/mol. The van der Waals surface area contributed by atoms with Crippen LogP contribution in [0.2, 0.25) is 0 Å². The van der Waals surface area contributed by atoms with Crippen molar-refractivity contribution in [2.45, 2.75) is 19.3 Å². The van der Waals surface area contributed by atoms with Crippen LogP contribution in [0.3, 0.4) is 0 Å². The Bertz CT molecular complexity index is 3420. The summed E-state index contributed by atoms with van der Waals surface area (Å²) in [6.45, 7) is 4.65. The normalized spacial score (nSPS) is 13.4. The number of nitrogens with zero attached hydrogens (tertiary/aromatic N) is 6. The summed E-state index contributed by atoms with van der Waals surface area (Å²) in [6, 6.07) is 53.6. The summed E-state index contributed by atoms with van der Waals surface area (Å²) in [4.78, 5) is 20.8. The van der Waals surface area contributed by atoms with Crippen LogP contribution in [0, 0.1) is 0 Å². The Labute approximate surface area is 316 Å². The lowest BCUT2D eigenvalue weighted by Crippen LogP contribution is -2.15. The van der Waals surface area contributed by atoms with Crippen LogP contribution in [0.4, 0.5) is 0 Å². The van der Waals surface area contributed by atoms with Gasteiger partial charge in [0.1, 0.15) is 5.69 Å². The standard InChI is InChI=1S/C49H32N6/c1-49(2)34-16-6-3-13-30(34)31-24-23-29(27-35(31)49)47-48(53-39-20-10-9-19-38(39)52-47)55-41-22-12-5-15-33(41)46-43(55)26-25-42-45(46)32-14-4-11-21-40(32)54(42)44-28-50-36-17-7-8-18-37(36)51-44/h3-28H,1-2H3. The maximum absolute atomic E-state index is 5.46. The first-order valence-electron chi connectivity index (χ1n) is 18.7. The minimum atomic E-state index is -0.144. The summed E-state index contributed by atoms with van der Waals surface area (Å²) in [7, 11) is 0. The zero-order chi connectivity index (χ0) is 36.4. The summed E-state index contributed by atoms with van der Waals surface area (Å²) in [5.41, 5.74) is 14.8. The van der Waals surface area contributed by atoms with Crippen molar-refractivity contribution >= 4 is 65.7 Å². The fraction of sp³-hybridized carbons (Fsp3) is 0.0612. The van der Waals surface area contributed by atoms with Gasteiger partial charge in [-0.1, -0.05) is 111 Å². The van der Waals surface area contributed by atoms with Gasteiger partial charge in [-0.05, 0) is 76.9 Å². The molecule has 4 heterocycles. The van der Waals surface area contributed by atoms with E-state index in [1.165, 1.54) is 33.0 Å². The molecule has 7 aromatic carbocycles. The Balaban J connectivity index is 1.17. The van der Waals surface area contributed by atoms with Gasteiger partial charge in [0.2, 0.25) is 0 Å². The number of fused-ring (bicyclic) bond motifs is 12. The molecule has 0 fully saturated rings. The number of hydrogen-bond donors (Lipinski definition) is 0. The first-order chi connectivity index (χ1) is 27.0. The van der Waals surface area contributed by atoms with E-state index in [1.807, 2.05) is 42.6 Å². The van der Waals surface area contributed by atoms with E-state index in [9.17, 15) is 0 Å². The van der Waals surface area contributed by atoms with E-state index < -0.39 is 0 Å². The van der Waals surface area contributed by atoms with E-state index in [2.05, 4.69) is 138 Å². The molecule has 0 radical (unpaired) electrons. The van der Waals surface area contributed by atoms with Crippen LogP contribution >= 0.6 is 0 Å². The Hall–Kier alpha value is -7.18. The lowest BCUT2D eigenvalue weighted by atomic mass is 9.82. The molecule has 0 unspecified atom stereocenters. The Morgan fingerprint density at radius 2 is 1.02 bits per heavy atom. The van der Waals surface area contributed by atoms with Crippen molar-refractivity contribution in [2.24, 2.45) is 0 Å². The molecule has 0 saturated heterocycles. The average Bonchev–Trinajstić information content (AvgIpc) is 3.83. The van der Waals surface area contributed by atoms with Crippen molar-refractivity contribution < 1.29 is 0 Å². The molecule has 12 rings (SSSR count). The van der Waals surface area contributed by atoms with Crippen molar-refractivity contribution in [3.05, 3.63) is 169 Å². The second-order valence-electron chi connectivity index (χ2n) is 15.1. The summed E-state index contributed by atoms with van der Waals surface area (Å²) in [5, 5.41) is 4.65. The first-order valence-corrected chi connectivity index (χ1v) is 18.7. The van der Waals surface area contributed by atoms with Gasteiger partial charge in [0, 0.05) is 32.5 Å². The quantitative estimate of drug-likeness (QED) is 0.184. The van der Waals surface area contributed by atoms with Crippen molar-refractivity contribution in [3.8, 4) is 34.0 Å². The van der Waals surface area contributed by atoms with Crippen molar-refractivity contribution in [1.82, 2.24) is 29.1 Å². The van der Waals surface area contributed by atoms with Gasteiger partial charge < -0.3 is 0 Å². The molecule has 258 valence electrons. The Kier molecular flexibility index (Phi) is 6.02. The molecule has 0 saturated carbocycles. The molecule has 1 aliphatic carbocycles. The van der Waals surface area contributed by atoms with Gasteiger partial charge in [-0.15, -0.1) is 0 Å². The van der Waals surface area contributed by atoms with Crippen molar-refractivity contribution in [3.63, 3.8) is 0 Å². The second kappa shape index (κ2) is 10.9. The van der Waals surface area contributed by atoms with Crippen LogP contribution in [-0.4, -0.2) is 29.1 Å². The van der Waals surface area contributed by atoms with Crippen LogP contribution in [0.5, 0.6) is 0 Å². The highest BCUT2D eigenvalue weighted by Gasteiger charge is 2.35. The zero-order valence-corrected chi connectivity index (χ0v) is 30.2. The first kappa shape index (κ1) is 30.3. The molecule has 0 bridgehead atoms. The van der Waals surface area contributed by atoms with E-state index in [0.29, 0.717) is 0 Å². The van der Waals surface area contributed by atoms with E-state index >= 15 is 0 Å². The monoisotopic (exact) mass is 704 g/mol. The minimum Gasteiger partial charge on any atom is -0.292 e. The molecular formula is C49H32N6. The molecular weight excluding hydrogens is 673 g/mol. The molecule has 0 amide bonds. The van der Waals surface area contributed by atoms with Gasteiger partial charge in [0.25, 0.3) is 0 Å². The maximum atomic E-state index is 5.46. The number of hydrogen-bond acceptors (Lipinski definition) is 4. The van der Waals surface area contributed by atoms with Crippen LogP contribution < -0.4 is 0 Å². The summed E-state index contributed by atoms with van der Waals surface area (Å²) in [5.74, 6) is 1.60. The summed E-state index contributed by atoms with van der Waals surface area (Å²) >= 11 is 0. The van der Waals surface area contributed by atoms with Crippen molar-refractivity contribution in [1.29, 1.82) is 0 Å². The summed E-state index contributed by atoms with van der Waals surface area (Å²) in [6.07, 6.45) is 1.88. The third-order valence-electron chi connectivity index (χ3n) is 11.8. The highest BCUT2D eigenvalue weighted by molar-refractivity contribution is 6.29. The molecule has 1 aliphatic rings. The average molecular weight is 705 g/mol. The van der Waals surface area contributed by atoms with E-state index in [4.69, 9.17) is 19.9 Å². The van der Waals surface area contributed by atoms with E-state index in [1.54, 1.807) is 0 Å². The third kappa shape index (κ3) is 4.13. The van der Waals surface area contributed by atoms with Crippen LogP contribution in [0.15, 0.2) is 158 Å². The lowest BCUT2D eigenvalue weighted by Gasteiger charge is -2.22. The number of rotatable bonds is 3. The molecule has 0 atom stereocenters. The molecule has 0 N–H and O–H groups in total. The number of para-hydroxylation sites is 6. The molecule has 55 heavy (non-hydrogen) atoms. The van der Waals surface area contributed by atoms with Gasteiger partial charge in [-0.3, -0.25) is 14.1 Å². The number of aromatic nitrogens is 6. The lowest BCUT2D eigenvalue weighted by molar-refractivity contribution is 0.660. The van der Waals surface area contributed by atoms with Gasteiger partial charge >= 0.3 is 0 Å². The fourth-order valence-electron chi connectivity index (χ4n) is 9.24. The molecule has 6 nitrogen and oxygen atoms in total. The summed E-state index contributed by atoms with van der Waals surface area (Å²) < 4.78 is 4.58. The van der Waals surface area contributed by atoms with E-state index in [-0.39, 0.29) is 5.41 Å². The van der Waals surface area contributed by atoms with Crippen LogP contribution in [0.25, 0.3) is 99.7 Å². The largest absolute Gasteiger partial charge is 0.292 e. The molecule has 11 aromatic rings. The van der Waals surface area contributed by atoms with Crippen molar-refractivity contribution in [2.75, 3.05) is 0 Å². The highest BCUT2D eigenvalue weighted by Crippen LogP contribution is 2.50. The fourth-order valence-corrected chi connectivity index (χ4v) is 9.24. The maximum Gasteiger partial charge on any atom is 0.165 e. The van der Waals surface area contributed by atoms with Gasteiger partial charge in [-0.25, -0.2) is 15.0 Å². The smallest absolute Gasteiger partial charge is 0.165 e. The Morgan fingerprint density at radius 1 is 0.455 bits per heavy atom. The highest BCUT2D eigenvalue weighted by atomic mass is 15.1. The number of benzene rings is 7.